The first-order valence-corrected chi connectivity index (χ1v) is 9.71. The van der Waals surface area contributed by atoms with E-state index in [0.29, 0.717) is 26.1 Å². The van der Waals surface area contributed by atoms with Gasteiger partial charge in [-0.3, -0.25) is 4.79 Å². The average Bonchev–Trinajstić information content (AvgIpc) is 2.67. The van der Waals surface area contributed by atoms with Crippen LogP contribution in [-0.2, 0) is 16.0 Å². The minimum atomic E-state index is -0.249. The highest BCUT2D eigenvalue weighted by molar-refractivity contribution is 5.77. The summed E-state index contributed by atoms with van der Waals surface area (Å²) in [5.41, 5.74) is 2.65. The molecule has 0 saturated carbocycles. The third kappa shape index (κ3) is 4.68. The molecule has 0 aromatic heterocycles. The van der Waals surface area contributed by atoms with Crippen molar-refractivity contribution >= 4 is 17.7 Å². The second kappa shape index (κ2) is 8.92. The Bertz CT molecular complexity index is 626. The number of fused-ring (bicyclic) bond motifs is 1. The standard InChI is InChI=1S/C20H29N3O3/c1-2-26-20(25)23-13-9-17(10-14-23)21-19(24)11-15-22-12-5-7-16-6-3-4-8-18(16)22/h3-4,6,8,17H,2,5,7,9-15H2,1H3,(H,21,24). The number of nitrogens with one attached hydrogen (secondary N) is 1. The summed E-state index contributed by atoms with van der Waals surface area (Å²) in [7, 11) is 0. The molecule has 0 radical (unpaired) electrons. The van der Waals surface area contributed by atoms with E-state index in [1.807, 2.05) is 6.92 Å². The summed E-state index contributed by atoms with van der Waals surface area (Å²) in [6.45, 7) is 5.26. The number of nitrogens with zero attached hydrogens (tertiary/aromatic N) is 2. The maximum Gasteiger partial charge on any atom is 0.409 e. The van der Waals surface area contributed by atoms with Crippen LogP contribution in [-0.4, -0.2) is 55.7 Å². The summed E-state index contributed by atoms with van der Waals surface area (Å²) in [5, 5.41) is 3.13. The average molecular weight is 359 g/mol. The number of para-hydroxylation sites is 1. The van der Waals surface area contributed by atoms with Crippen molar-refractivity contribution in [2.24, 2.45) is 0 Å². The van der Waals surface area contributed by atoms with E-state index in [4.69, 9.17) is 4.74 Å². The Morgan fingerprint density at radius 2 is 1.96 bits per heavy atom. The van der Waals surface area contributed by atoms with Crippen LogP contribution < -0.4 is 10.2 Å². The summed E-state index contributed by atoms with van der Waals surface area (Å²) >= 11 is 0. The number of ether oxygens (including phenoxy) is 1. The van der Waals surface area contributed by atoms with Crippen LogP contribution in [0.2, 0.25) is 0 Å². The molecule has 2 amide bonds. The molecule has 2 heterocycles. The number of hydrogen-bond donors (Lipinski definition) is 1. The van der Waals surface area contributed by atoms with Gasteiger partial charge >= 0.3 is 6.09 Å². The number of rotatable bonds is 5. The molecular weight excluding hydrogens is 330 g/mol. The Morgan fingerprint density at radius 3 is 2.73 bits per heavy atom. The monoisotopic (exact) mass is 359 g/mol. The van der Waals surface area contributed by atoms with Gasteiger partial charge in [-0.05, 0) is 44.2 Å². The maximum absolute atomic E-state index is 12.3. The third-order valence-corrected chi connectivity index (χ3v) is 5.20. The molecule has 142 valence electrons. The number of carbonyl (C=O) groups excluding carboxylic acids is 2. The molecule has 26 heavy (non-hydrogen) atoms. The predicted octanol–water partition coefficient (Wildman–Crippen LogP) is 2.57. The minimum Gasteiger partial charge on any atom is -0.450 e. The van der Waals surface area contributed by atoms with Crippen molar-refractivity contribution in [3.05, 3.63) is 29.8 Å². The SMILES string of the molecule is CCOC(=O)N1CCC(NC(=O)CCN2CCCc3ccccc32)CC1. The van der Waals surface area contributed by atoms with E-state index in [9.17, 15) is 9.59 Å². The van der Waals surface area contributed by atoms with Crippen molar-refractivity contribution in [3.8, 4) is 0 Å². The van der Waals surface area contributed by atoms with E-state index in [-0.39, 0.29) is 18.0 Å². The second-order valence-corrected chi connectivity index (χ2v) is 7.00. The summed E-state index contributed by atoms with van der Waals surface area (Å²) in [6, 6.07) is 8.63. The molecule has 0 aliphatic carbocycles. The number of piperidine rings is 1. The Morgan fingerprint density at radius 1 is 1.19 bits per heavy atom. The van der Waals surface area contributed by atoms with Gasteiger partial charge in [0, 0.05) is 44.3 Å². The molecule has 0 bridgehead atoms. The zero-order valence-corrected chi connectivity index (χ0v) is 15.6. The number of benzene rings is 1. The molecule has 1 aromatic rings. The lowest BCUT2D eigenvalue weighted by Crippen LogP contribution is -2.47. The lowest BCUT2D eigenvalue weighted by molar-refractivity contribution is -0.121. The molecule has 2 aliphatic rings. The van der Waals surface area contributed by atoms with Crippen molar-refractivity contribution in [1.82, 2.24) is 10.2 Å². The van der Waals surface area contributed by atoms with Gasteiger partial charge in [-0.25, -0.2) is 4.79 Å². The quantitative estimate of drug-likeness (QED) is 0.878. The van der Waals surface area contributed by atoms with Crippen LogP contribution in [0, 0.1) is 0 Å². The number of likely N-dealkylation sites (tertiary alicyclic amines) is 1. The van der Waals surface area contributed by atoms with Crippen LogP contribution in [0.5, 0.6) is 0 Å². The van der Waals surface area contributed by atoms with Crippen molar-refractivity contribution in [3.63, 3.8) is 0 Å². The van der Waals surface area contributed by atoms with Gasteiger partial charge in [-0.15, -0.1) is 0 Å². The number of hydrogen-bond acceptors (Lipinski definition) is 4. The van der Waals surface area contributed by atoms with Crippen LogP contribution in [0.1, 0.15) is 38.2 Å². The molecule has 1 saturated heterocycles. The van der Waals surface area contributed by atoms with Crippen LogP contribution in [0.15, 0.2) is 24.3 Å². The molecular formula is C20H29N3O3. The molecule has 1 N–H and O–H groups in total. The molecule has 2 aliphatic heterocycles. The van der Waals surface area contributed by atoms with Gasteiger partial charge in [0.15, 0.2) is 0 Å². The van der Waals surface area contributed by atoms with Crippen LogP contribution in [0.4, 0.5) is 10.5 Å². The molecule has 0 unspecified atom stereocenters. The number of amides is 2. The lowest BCUT2D eigenvalue weighted by Gasteiger charge is -2.33. The Balaban J connectivity index is 1.41. The Labute approximate surface area is 155 Å². The summed E-state index contributed by atoms with van der Waals surface area (Å²) < 4.78 is 5.03. The number of anilines is 1. The summed E-state index contributed by atoms with van der Waals surface area (Å²) in [5.74, 6) is 0.0997. The molecule has 0 spiro atoms. The van der Waals surface area contributed by atoms with E-state index >= 15 is 0 Å². The zero-order valence-electron chi connectivity index (χ0n) is 15.6. The van der Waals surface area contributed by atoms with Crippen LogP contribution in [0.3, 0.4) is 0 Å². The summed E-state index contributed by atoms with van der Waals surface area (Å²) in [6.07, 6.45) is 4.10. The highest BCUT2D eigenvalue weighted by Gasteiger charge is 2.25. The minimum absolute atomic E-state index is 0.0997. The number of aryl methyl sites for hydroxylation is 1. The second-order valence-electron chi connectivity index (χ2n) is 7.00. The largest absolute Gasteiger partial charge is 0.450 e. The molecule has 0 atom stereocenters. The first-order chi connectivity index (χ1) is 12.7. The smallest absolute Gasteiger partial charge is 0.409 e. The topological polar surface area (TPSA) is 61.9 Å². The number of carbonyl (C=O) groups is 2. The van der Waals surface area contributed by atoms with E-state index < -0.39 is 0 Å². The maximum atomic E-state index is 12.3. The fraction of sp³-hybridized carbons (Fsp3) is 0.600. The Hall–Kier alpha value is -2.24. The first-order valence-electron chi connectivity index (χ1n) is 9.71. The first kappa shape index (κ1) is 18.5. The van der Waals surface area contributed by atoms with Gasteiger partial charge < -0.3 is 19.9 Å². The highest BCUT2D eigenvalue weighted by Crippen LogP contribution is 2.26. The van der Waals surface area contributed by atoms with Crippen molar-refractivity contribution in [1.29, 1.82) is 0 Å². The highest BCUT2D eigenvalue weighted by atomic mass is 16.6. The van der Waals surface area contributed by atoms with E-state index in [1.165, 1.54) is 11.3 Å². The van der Waals surface area contributed by atoms with E-state index in [2.05, 4.69) is 34.5 Å². The van der Waals surface area contributed by atoms with E-state index in [0.717, 1.165) is 38.8 Å². The van der Waals surface area contributed by atoms with Gasteiger partial charge in [0.25, 0.3) is 0 Å². The molecule has 1 aromatic carbocycles. The van der Waals surface area contributed by atoms with Gasteiger partial charge in [0.05, 0.1) is 6.61 Å². The van der Waals surface area contributed by atoms with Gasteiger partial charge in [-0.2, -0.15) is 0 Å². The van der Waals surface area contributed by atoms with Gasteiger partial charge in [-0.1, -0.05) is 18.2 Å². The molecule has 6 nitrogen and oxygen atoms in total. The molecule has 1 fully saturated rings. The van der Waals surface area contributed by atoms with Crippen molar-refractivity contribution in [2.45, 2.75) is 45.1 Å². The fourth-order valence-electron chi connectivity index (χ4n) is 3.80. The van der Waals surface area contributed by atoms with Gasteiger partial charge in [0.1, 0.15) is 0 Å². The Kier molecular flexibility index (Phi) is 6.36. The fourth-order valence-corrected chi connectivity index (χ4v) is 3.80. The van der Waals surface area contributed by atoms with Crippen LogP contribution >= 0.6 is 0 Å². The van der Waals surface area contributed by atoms with Gasteiger partial charge in [0.2, 0.25) is 5.91 Å². The summed E-state index contributed by atoms with van der Waals surface area (Å²) in [4.78, 5) is 28.1. The molecule has 6 heteroatoms. The predicted molar refractivity (Wildman–Crippen MR) is 101 cm³/mol. The van der Waals surface area contributed by atoms with Crippen LogP contribution in [0.25, 0.3) is 0 Å². The van der Waals surface area contributed by atoms with Crippen molar-refractivity contribution in [2.75, 3.05) is 37.7 Å². The normalized spacial score (nSPS) is 17.6. The lowest BCUT2D eigenvalue weighted by atomic mass is 10.0. The van der Waals surface area contributed by atoms with Crippen molar-refractivity contribution < 1.29 is 14.3 Å². The third-order valence-electron chi connectivity index (χ3n) is 5.20. The zero-order chi connectivity index (χ0) is 18.4. The molecule has 3 rings (SSSR count). The van der Waals surface area contributed by atoms with E-state index in [1.54, 1.807) is 4.90 Å².